The molecule has 2 aromatic rings. The maximum Gasteiger partial charge on any atom is 0.244 e. The summed E-state index contributed by atoms with van der Waals surface area (Å²) in [5.41, 5.74) is 5.46. The van der Waals surface area contributed by atoms with Crippen LogP contribution < -0.4 is 10.2 Å². The fourth-order valence-electron chi connectivity index (χ4n) is 2.46. The van der Waals surface area contributed by atoms with Gasteiger partial charge in [0.25, 0.3) is 0 Å². The van der Waals surface area contributed by atoms with Gasteiger partial charge in [-0.1, -0.05) is 45.0 Å². The quantitative estimate of drug-likeness (QED) is 0.519. The molecular formula is C21H25BrN2O3. The van der Waals surface area contributed by atoms with Gasteiger partial charge in [-0.2, -0.15) is 5.10 Å². The maximum absolute atomic E-state index is 12.1. The number of hydrazone groups is 1. The van der Waals surface area contributed by atoms with Gasteiger partial charge in [0.2, 0.25) is 5.91 Å². The molecule has 6 heteroatoms. The van der Waals surface area contributed by atoms with Gasteiger partial charge >= 0.3 is 0 Å². The van der Waals surface area contributed by atoms with Crippen molar-refractivity contribution < 1.29 is 14.6 Å². The first-order valence-corrected chi connectivity index (χ1v) is 9.56. The zero-order valence-electron chi connectivity index (χ0n) is 16.0. The van der Waals surface area contributed by atoms with Crippen molar-refractivity contribution in [2.45, 2.75) is 39.5 Å². The molecule has 0 aliphatic heterocycles. The Balaban J connectivity index is 1.97. The van der Waals surface area contributed by atoms with Crippen LogP contribution in [0.15, 0.2) is 46.0 Å². The average molecular weight is 433 g/mol. The number of ether oxygens (including phenoxy) is 1. The largest absolute Gasteiger partial charge is 0.503 e. The molecule has 0 heterocycles. The van der Waals surface area contributed by atoms with Gasteiger partial charge in [0.15, 0.2) is 11.5 Å². The minimum atomic E-state index is -0.197. The maximum atomic E-state index is 12.1. The predicted molar refractivity (Wildman–Crippen MR) is 112 cm³/mol. The molecule has 0 spiro atoms. The van der Waals surface area contributed by atoms with Crippen LogP contribution in [0.2, 0.25) is 0 Å². The highest BCUT2D eigenvalue weighted by atomic mass is 79.9. The summed E-state index contributed by atoms with van der Waals surface area (Å²) in [6.45, 7) is 8.74. The smallest absolute Gasteiger partial charge is 0.244 e. The summed E-state index contributed by atoms with van der Waals surface area (Å²) in [4.78, 5) is 12.1. The zero-order chi connectivity index (χ0) is 20.0. The molecule has 2 aromatic carbocycles. The molecule has 0 unspecified atom stereocenters. The summed E-state index contributed by atoms with van der Waals surface area (Å²) in [6.07, 6.45) is 1.76. The van der Waals surface area contributed by atoms with Crippen LogP contribution in [0, 0.1) is 0 Å². The molecule has 2 N–H and O–H groups in total. The van der Waals surface area contributed by atoms with Crippen LogP contribution in [0.5, 0.6) is 11.5 Å². The number of aromatic hydroxyl groups is 1. The molecule has 0 radical (unpaired) electrons. The second-order valence-electron chi connectivity index (χ2n) is 7.20. The number of phenolic OH excluding ortho intramolecular Hbond substituents is 1. The molecule has 144 valence electrons. The van der Waals surface area contributed by atoms with Crippen molar-refractivity contribution in [2.24, 2.45) is 5.10 Å². The van der Waals surface area contributed by atoms with Gasteiger partial charge in [0.1, 0.15) is 0 Å². The average Bonchev–Trinajstić information content (AvgIpc) is 2.59. The Morgan fingerprint density at radius 3 is 2.52 bits per heavy atom. The number of hydrogen-bond donors (Lipinski definition) is 2. The summed E-state index contributed by atoms with van der Waals surface area (Å²) in [7, 11) is 0. The number of benzene rings is 2. The van der Waals surface area contributed by atoms with E-state index in [9.17, 15) is 9.90 Å². The normalized spacial score (nSPS) is 11.6. The number of nitrogens with zero attached hydrogens (tertiary/aromatic N) is 1. The first kappa shape index (κ1) is 21.0. The topological polar surface area (TPSA) is 70.9 Å². The second-order valence-corrected chi connectivity index (χ2v) is 8.05. The van der Waals surface area contributed by atoms with Crippen LogP contribution in [0.4, 0.5) is 0 Å². The molecule has 0 saturated heterocycles. The number of nitrogens with one attached hydrogen (secondary N) is 1. The summed E-state index contributed by atoms with van der Waals surface area (Å²) < 4.78 is 5.87. The summed E-state index contributed by atoms with van der Waals surface area (Å²) in [5.74, 6) is 0.202. The lowest BCUT2D eigenvalue weighted by atomic mass is 9.86. The van der Waals surface area contributed by atoms with Crippen molar-refractivity contribution in [3.8, 4) is 11.5 Å². The lowest BCUT2D eigenvalue weighted by Gasteiger charge is -2.19. The van der Waals surface area contributed by atoms with Gasteiger partial charge in [-0.05, 0) is 57.1 Å². The lowest BCUT2D eigenvalue weighted by molar-refractivity contribution is -0.120. The molecule has 5 nitrogen and oxygen atoms in total. The van der Waals surface area contributed by atoms with Gasteiger partial charge < -0.3 is 9.84 Å². The summed E-state index contributed by atoms with van der Waals surface area (Å²) in [5, 5.41) is 13.9. The summed E-state index contributed by atoms with van der Waals surface area (Å²) >= 11 is 3.27. The Morgan fingerprint density at radius 1 is 1.26 bits per heavy atom. The van der Waals surface area contributed by atoms with Crippen LogP contribution in [-0.4, -0.2) is 23.8 Å². The highest BCUT2D eigenvalue weighted by Crippen LogP contribution is 2.35. The third-order valence-corrected chi connectivity index (χ3v) is 4.54. The molecule has 0 aromatic heterocycles. The van der Waals surface area contributed by atoms with E-state index in [2.05, 4.69) is 59.4 Å². The predicted octanol–water partition coefficient (Wildman–Crippen LogP) is 4.54. The Morgan fingerprint density at radius 2 is 1.93 bits per heavy atom. The number of carbonyl (C=O) groups is 1. The van der Waals surface area contributed by atoms with Gasteiger partial charge in [0.05, 0.1) is 23.7 Å². The van der Waals surface area contributed by atoms with Crippen LogP contribution in [0.25, 0.3) is 0 Å². The molecule has 0 atom stereocenters. The highest BCUT2D eigenvalue weighted by Gasteiger charge is 2.13. The van der Waals surface area contributed by atoms with E-state index >= 15 is 0 Å². The molecule has 27 heavy (non-hydrogen) atoms. The van der Waals surface area contributed by atoms with Crippen LogP contribution in [-0.2, 0) is 16.6 Å². The molecular weight excluding hydrogens is 408 g/mol. The Bertz CT molecular complexity index is 825. The van der Waals surface area contributed by atoms with E-state index in [0.29, 0.717) is 22.4 Å². The van der Waals surface area contributed by atoms with E-state index in [-0.39, 0.29) is 23.5 Å². The van der Waals surface area contributed by atoms with Crippen molar-refractivity contribution in [3.05, 3.63) is 57.6 Å². The Labute approximate surface area is 168 Å². The van der Waals surface area contributed by atoms with E-state index in [0.717, 1.165) is 5.56 Å². The third-order valence-electron chi connectivity index (χ3n) is 3.94. The minimum absolute atomic E-state index is 0.0386. The van der Waals surface area contributed by atoms with Crippen molar-refractivity contribution in [2.75, 3.05) is 6.61 Å². The molecule has 0 bridgehead atoms. The number of carbonyl (C=O) groups excluding carboxylic acids is 1. The highest BCUT2D eigenvalue weighted by molar-refractivity contribution is 9.10. The Hall–Kier alpha value is -2.34. The molecule has 1 amide bonds. The fourth-order valence-corrected chi connectivity index (χ4v) is 2.92. The van der Waals surface area contributed by atoms with Crippen LogP contribution in [0.1, 0.15) is 44.4 Å². The van der Waals surface area contributed by atoms with E-state index in [1.807, 2.05) is 19.1 Å². The second kappa shape index (κ2) is 9.04. The van der Waals surface area contributed by atoms with E-state index in [4.69, 9.17) is 4.74 Å². The SMILES string of the molecule is CCOc1cc(/C=N/NC(=O)Cc2ccc(C(C)(C)C)cc2)cc(Br)c1O. The number of rotatable bonds is 6. The van der Waals surface area contributed by atoms with Gasteiger partial charge in [-0.25, -0.2) is 5.43 Å². The van der Waals surface area contributed by atoms with Crippen molar-refractivity contribution in [1.29, 1.82) is 0 Å². The first-order valence-electron chi connectivity index (χ1n) is 8.77. The van der Waals surface area contributed by atoms with Gasteiger partial charge in [-0.3, -0.25) is 4.79 Å². The number of hydrogen-bond acceptors (Lipinski definition) is 4. The van der Waals surface area contributed by atoms with E-state index in [1.54, 1.807) is 12.1 Å². The monoisotopic (exact) mass is 432 g/mol. The zero-order valence-corrected chi connectivity index (χ0v) is 17.6. The lowest BCUT2D eigenvalue weighted by Crippen LogP contribution is -2.20. The van der Waals surface area contributed by atoms with Crippen molar-refractivity contribution >= 4 is 28.1 Å². The van der Waals surface area contributed by atoms with Gasteiger partial charge in [-0.15, -0.1) is 0 Å². The number of amides is 1. The molecule has 0 saturated carbocycles. The number of phenols is 1. The minimum Gasteiger partial charge on any atom is -0.503 e. The van der Waals surface area contributed by atoms with Crippen LogP contribution >= 0.6 is 15.9 Å². The van der Waals surface area contributed by atoms with E-state index in [1.165, 1.54) is 11.8 Å². The van der Waals surface area contributed by atoms with Gasteiger partial charge in [0, 0.05) is 0 Å². The standard InChI is InChI=1S/C21H25BrN2O3/c1-5-27-18-11-15(10-17(22)20(18)26)13-23-24-19(25)12-14-6-8-16(9-7-14)21(2,3)4/h6-11,13,26H,5,12H2,1-4H3,(H,24,25)/b23-13+. The third kappa shape index (κ3) is 6.10. The van der Waals surface area contributed by atoms with Crippen molar-refractivity contribution in [3.63, 3.8) is 0 Å². The summed E-state index contributed by atoms with van der Waals surface area (Å²) in [6, 6.07) is 11.4. The molecule has 0 aliphatic carbocycles. The molecule has 2 rings (SSSR count). The first-order chi connectivity index (χ1) is 12.7. The van der Waals surface area contributed by atoms with E-state index < -0.39 is 0 Å². The number of halogens is 1. The van der Waals surface area contributed by atoms with Crippen LogP contribution in [0.3, 0.4) is 0 Å². The molecule has 0 aliphatic rings. The Kier molecular flexibility index (Phi) is 7.02. The molecule has 0 fully saturated rings. The fraction of sp³-hybridized carbons (Fsp3) is 0.333. The van der Waals surface area contributed by atoms with Crippen molar-refractivity contribution in [1.82, 2.24) is 5.43 Å².